The van der Waals surface area contributed by atoms with Crippen LogP contribution in [0.25, 0.3) is 5.69 Å². The van der Waals surface area contributed by atoms with Crippen molar-refractivity contribution in [3.8, 4) is 5.69 Å². The molecule has 5 heteroatoms. The standard InChI is InChI=1S/C11H12FN3O/c12-9-1-3-10(4-2-9)15-7-8(5-6-13)11(16)14-15/h1-4,7H,5-6,13H2,(H,14,16). The smallest absolute Gasteiger partial charge is 0.267 e. The van der Waals surface area contributed by atoms with Crippen molar-refractivity contribution < 1.29 is 4.39 Å². The third kappa shape index (κ3) is 2.04. The van der Waals surface area contributed by atoms with Crippen molar-refractivity contribution in [2.45, 2.75) is 6.42 Å². The van der Waals surface area contributed by atoms with Crippen LogP contribution in [0.3, 0.4) is 0 Å². The summed E-state index contributed by atoms with van der Waals surface area (Å²) in [6.45, 7) is 0.427. The molecule has 0 unspecified atom stereocenters. The van der Waals surface area contributed by atoms with Gasteiger partial charge < -0.3 is 5.73 Å². The highest BCUT2D eigenvalue weighted by atomic mass is 19.1. The number of halogens is 1. The van der Waals surface area contributed by atoms with Crippen LogP contribution >= 0.6 is 0 Å². The summed E-state index contributed by atoms with van der Waals surface area (Å²) < 4.78 is 14.3. The number of hydrogen-bond donors (Lipinski definition) is 2. The molecule has 0 saturated heterocycles. The maximum absolute atomic E-state index is 12.7. The first kappa shape index (κ1) is 10.6. The lowest BCUT2D eigenvalue weighted by molar-refractivity contribution is 0.627. The molecule has 0 bridgehead atoms. The maximum atomic E-state index is 12.7. The van der Waals surface area contributed by atoms with Crippen LogP contribution in [0.15, 0.2) is 35.3 Å². The number of benzene rings is 1. The molecule has 0 aliphatic rings. The molecule has 0 aliphatic heterocycles. The molecule has 16 heavy (non-hydrogen) atoms. The lowest BCUT2D eigenvalue weighted by Gasteiger charge is -2.00. The molecule has 1 heterocycles. The molecular weight excluding hydrogens is 209 g/mol. The molecule has 0 spiro atoms. The van der Waals surface area contributed by atoms with E-state index in [2.05, 4.69) is 5.10 Å². The van der Waals surface area contributed by atoms with Crippen molar-refractivity contribution in [2.24, 2.45) is 5.73 Å². The first-order valence-corrected chi connectivity index (χ1v) is 4.97. The van der Waals surface area contributed by atoms with E-state index in [-0.39, 0.29) is 11.4 Å². The van der Waals surface area contributed by atoms with Crippen molar-refractivity contribution in [2.75, 3.05) is 6.54 Å². The fourth-order valence-corrected chi connectivity index (χ4v) is 1.50. The van der Waals surface area contributed by atoms with Crippen LogP contribution in [0, 0.1) is 5.82 Å². The fourth-order valence-electron chi connectivity index (χ4n) is 1.50. The number of nitrogens with two attached hydrogens (primary N) is 1. The summed E-state index contributed by atoms with van der Waals surface area (Å²) in [4.78, 5) is 11.5. The van der Waals surface area contributed by atoms with Gasteiger partial charge in [0.2, 0.25) is 0 Å². The Labute approximate surface area is 91.5 Å². The number of H-pyrrole nitrogens is 1. The Bertz CT molecular complexity index is 527. The van der Waals surface area contributed by atoms with E-state index in [1.165, 1.54) is 12.1 Å². The molecule has 3 N–H and O–H groups in total. The number of nitrogens with one attached hydrogen (secondary N) is 1. The zero-order chi connectivity index (χ0) is 11.5. The van der Waals surface area contributed by atoms with Crippen LogP contribution in [0.1, 0.15) is 5.56 Å². The van der Waals surface area contributed by atoms with Crippen LogP contribution < -0.4 is 11.3 Å². The van der Waals surface area contributed by atoms with E-state index in [0.29, 0.717) is 24.2 Å². The third-order valence-electron chi connectivity index (χ3n) is 2.32. The molecule has 0 saturated carbocycles. The Hall–Kier alpha value is -1.88. The van der Waals surface area contributed by atoms with Crippen LogP contribution in [0.2, 0.25) is 0 Å². The largest absolute Gasteiger partial charge is 0.330 e. The van der Waals surface area contributed by atoms with Gasteiger partial charge in [-0.15, -0.1) is 0 Å². The van der Waals surface area contributed by atoms with Crippen LogP contribution in [-0.4, -0.2) is 16.3 Å². The predicted molar refractivity (Wildman–Crippen MR) is 59.1 cm³/mol. The SMILES string of the molecule is NCCc1cn(-c2ccc(F)cc2)[nH]c1=O. The number of hydrogen-bond acceptors (Lipinski definition) is 2. The highest BCUT2D eigenvalue weighted by molar-refractivity contribution is 5.31. The third-order valence-corrected chi connectivity index (χ3v) is 2.32. The Kier molecular flexibility index (Phi) is 2.87. The number of aromatic nitrogens is 2. The summed E-state index contributed by atoms with van der Waals surface area (Å²) in [6.07, 6.45) is 2.21. The summed E-state index contributed by atoms with van der Waals surface area (Å²) in [5.41, 5.74) is 6.57. The van der Waals surface area contributed by atoms with Gasteiger partial charge in [-0.3, -0.25) is 14.6 Å². The lowest BCUT2D eigenvalue weighted by Crippen LogP contribution is -2.11. The minimum Gasteiger partial charge on any atom is -0.330 e. The Morgan fingerprint density at radius 3 is 2.62 bits per heavy atom. The van der Waals surface area contributed by atoms with Crippen LogP contribution in [0.5, 0.6) is 0 Å². The second-order valence-corrected chi connectivity index (χ2v) is 3.48. The summed E-state index contributed by atoms with van der Waals surface area (Å²) in [7, 11) is 0. The summed E-state index contributed by atoms with van der Waals surface area (Å²) >= 11 is 0. The van der Waals surface area contributed by atoms with E-state index in [4.69, 9.17) is 5.73 Å². The van der Waals surface area contributed by atoms with Crippen LogP contribution in [0.4, 0.5) is 4.39 Å². The molecule has 2 aromatic rings. The molecule has 0 fully saturated rings. The Morgan fingerprint density at radius 2 is 2.00 bits per heavy atom. The average molecular weight is 221 g/mol. The molecule has 1 aromatic heterocycles. The van der Waals surface area contributed by atoms with Gasteiger partial charge in [-0.2, -0.15) is 0 Å². The molecular formula is C11H12FN3O. The normalized spacial score (nSPS) is 10.6. The van der Waals surface area contributed by atoms with Gasteiger partial charge in [0.05, 0.1) is 5.69 Å². The van der Waals surface area contributed by atoms with Gasteiger partial charge in [-0.05, 0) is 37.2 Å². The molecule has 0 atom stereocenters. The molecule has 1 aromatic carbocycles. The fraction of sp³-hybridized carbons (Fsp3) is 0.182. The van der Waals surface area contributed by atoms with E-state index in [0.717, 1.165) is 0 Å². The second kappa shape index (κ2) is 4.32. The van der Waals surface area contributed by atoms with Crippen molar-refractivity contribution in [3.05, 3.63) is 52.2 Å². The second-order valence-electron chi connectivity index (χ2n) is 3.48. The number of rotatable bonds is 3. The molecule has 84 valence electrons. The van der Waals surface area contributed by atoms with E-state index < -0.39 is 0 Å². The van der Waals surface area contributed by atoms with Crippen LogP contribution in [-0.2, 0) is 6.42 Å². The Morgan fingerprint density at radius 1 is 1.31 bits per heavy atom. The summed E-state index contributed by atoms with van der Waals surface area (Å²) in [5, 5.41) is 2.65. The maximum Gasteiger partial charge on any atom is 0.267 e. The number of nitrogens with zero attached hydrogens (tertiary/aromatic N) is 1. The first-order chi connectivity index (χ1) is 7.70. The highest BCUT2D eigenvalue weighted by Gasteiger charge is 2.04. The minimum absolute atomic E-state index is 0.158. The van der Waals surface area contributed by atoms with Gasteiger partial charge in [-0.25, -0.2) is 4.39 Å². The Balaban J connectivity index is 2.37. The number of aromatic amines is 1. The van der Waals surface area contributed by atoms with Gasteiger partial charge in [0.25, 0.3) is 5.56 Å². The predicted octanol–water partition coefficient (Wildman–Crippen LogP) is 0.806. The molecule has 0 aliphatic carbocycles. The monoisotopic (exact) mass is 221 g/mol. The zero-order valence-electron chi connectivity index (χ0n) is 8.61. The van der Waals surface area contributed by atoms with Gasteiger partial charge in [-0.1, -0.05) is 0 Å². The molecule has 0 radical (unpaired) electrons. The average Bonchev–Trinajstić information content (AvgIpc) is 2.62. The zero-order valence-corrected chi connectivity index (χ0v) is 8.61. The summed E-state index contributed by atoms with van der Waals surface area (Å²) in [6, 6.07) is 5.88. The van der Waals surface area contributed by atoms with Crippen molar-refractivity contribution >= 4 is 0 Å². The van der Waals surface area contributed by atoms with E-state index in [1.807, 2.05) is 0 Å². The van der Waals surface area contributed by atoms with Gasteiger partial charge >= 0.3 is 0 Å². The van der Waals surface area contributed by atoms with Gasteiger partial charge in [0, 0.05) is 11.8 Å². The van der Waals surface area contributed by atoms with Gasteiger partial charge in [0.15, 0.2) is 0 Å². The molecule has 0 amide bonds. The van der Waals surface area contributed by atoms with E-state index >= 15 is 0 Å². The van der Waals surface area contributed by atoms with Crippen molar-refractivity contribution in [1.82, 2.24) is 9.78 Å². The molecule has 4 nitrogen and oxygen atoms in total. The lowest BCUT2D eigenvalue weighted by atomic mass is 10.2. The van der Waals surface area contributed by atoms with E-state index in [1.54, 1.807) is 23.0 Å². The summed E-state index contributed by atoms with van der Waals surface area (Å²) in [5.74, 6) is -0.305. The van der Waals surface area contributed by atoms with Gasteiger partial charge in [0.1, 0.15) is 5.82 Å². The van der Waals surface area contributed by atoms with E-state index in [9.17, 15) is 9.18 Å². The topological polar surface area (TPSA) is 63.8 Å². The van der Waals surface area contributed by atoms with Crippen molar-refractivity contribution in [1.29, 1.82) is 0 Å². The molecule has 2 rings (SSSR count). The minimum atomic E-state index is -0.305. The quantitative estimate of drug-likeness (QED) is 0.805. The first-order valence-electron chi connectivity index (χ1n) is 4.97. The highest BCUT2D eigenvalue weighted by Crippen LogP contribution is 2.07. The van der Waals surface area contributed by atoms with Crippen molar-refractivity contribution in [3.63, 3.8) is 0 Å².